The molecule has 36 heavy (non-hydrogen) atoms. The third kappa shape index (κ3) is 6.35. The SMILES string of the molecule is CCOC(=O)C1CCN(C2CCN(CCOc3ccc(Oc4nc5ccccc5s4)cc3)CC2)CC1. The third-order valence-electron chi connectivity index (χ3n) is 7.20. The number of aromatic nitrogens is 1. The molecule has 0 unspecified atom stereocenters. The highest BCUT2D eigenvalue weighted by Crippen LogP contribution is 2.31. The van der Waals surface area contributed by atoms with Gasteiger partial charge in [-0.1, -0.05) is 23.5 Å². The number of carbonyl (C=O) groups excluding carboxylic acids is 1. The van der Waals surface area contributed by atoms with Gasteiger partial charge in [-0.15, -0.1) is 0 Å². The lowest BCUT2D eigenvalue weighted by atomic mass is 9.93. The molecule has 2 fully saturated rings. The van der Waals surface area contributed by atoms with E-state index >= 15 is 0 Å². The molecule has 7 nitrogen and oxygen atoms in total. The molecule has 1 aromatic heterocycles. The number of benzene rings is 2. The monoisotopic (exact) mass is 509 g/mol. The van der Waals surface area contributed by atoms with Crippen LogP contribution in [0.2, 0.25) is 0 Å². The Kier molecular flexibility index (Phi) is 8.36. The van der Waals surface area contributed by atoms with Crippen LogP contribution in [0.1, 0.15) is 32.6 Å². The summed E-state index contributed by atoms with van der Waals surface area (Å²) in [6.07, 6.45) is 4.22. The van der Waals surface area contributed by atoms with E-state index in [-0.39, 0.29) is 11.9 Å². The van der Waals surface area contributed by atoms with Crippen LogP contribution in [0.4, 0.5) is 0 Å². The highest BCUT2D eigenvalue weighted by atomic mass is 32.1. The number of rotatable bonds is 9. The van der Waals surface area contributed by atoms with E-state index in [2.05, 4.69) is 20.9 Å². The van der Waals surface area contributed by atoms with Gasteiger partial charge in [0.25, 0.3) is 5.19 Å². The minimum Gasteiger partial charge on any atom is -0.492 e. The zero-order valence-corrected chi connectivity index (χ0v) is 21.8. The average Bonchev–Trinajstić information content (AvgIpc) is 3.33. The molecule has 2 aromatic carbocycles. The van der Waals surface area contributed by atoms with Crippen LogP contribution >= 0.6 is 11.3 Å². The number of nitrogens with zero attached hydrogens (tertiary/aromatic N) is 3. The Morgan fingerprint density at radius 3 is 2.42 bits per heavy atom. The predicted molar refractivity (Wildman–Crippen MR) is 142 cm³/mol. The first-order valence-corrected chi connectivity index (χ1v) is 13.9. The summed E-state index contributed by atoms with van der Waals surface area (Å²) in [6.45, 7) is 8.18. The van der Waals surface area contributed by atoms with Gasteiger partial charge in [0.2, 0.25) is 0 Å². The van der Waals surface area contributed by atoms with Gasteiger partial charge >= 0.3 is 5.97 Å². The van der Waals surface area contributed by atoms with Crippen LogP contribution < -0.4 is 9.47 Å². The second kappa shape index (κ2) is 12.0. The standard InChI is InChI=1S/C28H35N3O4S/c1-2-33-27(32)21-11-17-31(18-12-21)22-13-15-30(16-14-22)19-20-34-23-7-9-24(10-8-23)35-28-29-25-5-3-4-6-26(25)36-28/h3-10,21-22H,2,11-20H2,1H3. The van der Waals surface area contributed by atoms with Gasteiger partial charge in [0, 0.05) is 12.6 Å². The van der Waals surface area contributed by atoms with Crippen molar-refractivity contribution in [3.8, 4) is 16.7 Å². The second-order valence-electron chi connectivity index (χ2n) is 9.50. The van der Waals surface area contributed by atoms with Crippen LogP contribution in [0.3, 0.4) is 0 Å². The van der Waals surface area contributed by atoms with Crippen molar-refractivity contribution in [3.63, 3.8) is 0 Å². The Balaban J connectivity index is 0.997. The molecule has 0 radical (unpaired) electrons. The van der Waals surface area contributed by atoms with E-state index in [0.717, 1.165) is 67.3 Å². The van der Waals surface area contributed by atoms with Gasteiger partial charge in [-0.25, -0.2) is 4.98 Å². The Morgan fingerprint density at radius 2 is 1.69 bits per heavy atom. The van der Waals surface area contributed by atoms with E-state index in [4.69, 9.17) is 14.2 Å². The van der Waals surface area contributed by atoms with E-state index in [1.54, 1.807) is 11.3 Å². The molecule has 0 atom stereocenters. The van der Waals surface area contributed by atoms with Crippen molar-refractivity contribution in [3.05, 3.63) is 48.5 Å². The summed E-state index contributed by atoms with van der Waals surface area (Å²) >= 11 is 1.55. The Labute approximate surface area is 217 Å². The largest absolute Gasteiger partial charge is 0.492 e. The summed E-state index contributed by atoms with van der Waals surface area (Å²) in [7, 11) is 0. The van der Waals surface area contributed by atoms with Crippen LogP contribution in [0.25, 0.3) is 10.2 Å². The molecular formula is C28H35N3O4S. The first-order chi connectivity index (χ1) is 17.7. The highest BCUT2D eigenvalue weighted by molar-refractivity contribution is 7.20. The zero-order chi connectivity index (χ0) is 24.7. The maximum atomic E-state index is 12.0. The van der Waals surface area contributed by atoms with Gasteiger partial charge in [-0.3, -0.25) is 9.69 Å². The number of thiazole rings is 1. The summed E-state index contributed by atoms with van der Waals surface area (Å²) in [4.78, 5) is 21.6. The number of fused-ring (bicyclic) bond motifs is 1. The zero-order valence-electron chi connectivity index (χ0n) is 20.9. The van der Waals surface area contributed by atoms with Gasteiger partial charge in [0.15, 0.2) is 0 Å². The van der Waals surface area contributed by atoms with Crippen molar-refractivity contribution in [2.24, 2.45) is 5.92 Å². The van der Waals surface area contributed by atoms with Crippen molar-refractivity contribution in [2.75, 3.05) is 45.9 Å². The van der Waals surface area contributed by atoms with E-state index in [0.29, 0.717) is 24.4 Å². The number of hydrogen-bond acceptors (Lipinski definition) is 8. The number of esters is 1. The van der Waals surface area contributed by atoms with Gasteiger partial charge in [0.1, 0.15) is 18.1 Å². The molecular weight excluding hydrogens is 474 g/mol. The fourth-order valence-electron chi connectivity index (χ4n) is 5.16. The Hall–Kier alpha value is -2.68. The van der Waals surface area contributed by atoms with Gasteiger partial charge < -0.3 is 19.1 Å². The molecule has 3 heterocycles. The minimum absolute atomic E-state index is 0.0117. The van der Waals surface area contributed by atoms with Crippen LogP contribution in [0.15, 0.2) is 48.5 Å². The fourth-order valence-corrected chi connectivity index (χ4v) is 6.00. The molecule has 0 bridgehead atoms. The normalized spacial score (nSPS) is 18.4. The lowest BCUT2D eigenvalue weighted by Crippen LogP contribution is -2.49. The van der Waals surface area contributed by atoms with Crippen LogP contribution in [-0.4, -0.2) is 72.7 Å². The van der Waals surface area contributed by atoms with Crippen molar-refractivity contribution >= 4 is 27.5 Å². The second-order valence-corrected chi connectivity index (χ2v) is 10.5. The number of ether oxygens (including phenoxy) is 3. The molecule has 0 saturated carbocycles. The number of para-hydroxylation sites is 1. The average molecular weight is 510 g/mol. The first-order valence-electron chi connectivity index (χ1n) is 13.1. The van der Waals surface area contributed by atoms with E-state index in [1.165, 1.54) is 12.8 Å². The molecule has 0 amide bonds. The van der Waals surface area contributed by atoms with Crippen molar-refractivity contribution < 1.29 is 19.0 Å². The third-order valence-corrected chi connectivity index (χ3v) is 8.12. The topological polar surface area (TPSA) is 64.1 Å². The molecule has 2 saturated heterocycles. The number of piperidine rings is 2. The molecule has 8 heteroatoms. The summed E-state index contributed by atoms with van der Waals surface area (Å²) in [5.74, 6) is 1.69. The summed E-state index contributed by atoms with van der Waals surface area (Å²) in [5.41, 5.74) is 0.958. The molecule has 3 aromatic rings. The maximum absolute atomic E-state index is 12.0. The summed E-state index contributed by atoms with van der Waals surface area (Å²) < 4.78 is 18.2. The smallest absolute Gasteiger partial charge is 0.309 e. The van der Waals surface area contributed by atoms with Crippen molar-refractivity contribution in [1.82, 2.24) is 14.8 Å². The first kappa shape index (κ1) is 25.0. The molecule has 0 N–H and O–H groups in total. The van der Waals surface area contributed by atoms with Gasteiger partial charge in [-0.05, 0) is 95.2 Å². The van der Waals surface area contributed by atoms with E-state index in [1.807, 2.05) is 49.4 Å². The Bertz CT molecular complexity index is 1090. The molecule has 2 aliphatic heterocycles. The lowest BCUT2D eigenvalue weighted by Gasteiger charge is -2.41. The Morgan fingerprint density at radius 1 is 0.972 bits per heavy atom. The fraction of sp³-hybridized carbons (Fsp3) is 0.500. The summed E-state index contributed by atoms with van der Waals surface area (Å²) in [6, 6.07) is 16.4. The quantitative estimate of drug-likeness (QED) is 0.367. The predicted octanol–water partition coefficient (Wildman–Crippen LogP) is 5.21. The summed E-state index contributed by atoms with van der Waals surface area (Å²) in [5, 5.41) is 0.650. The van der Waals surface area contributed by atoms with Crippen molar-refractivity contribution in [2.45, 2.75) is 38.6 Å². The molecule has 5 rings (SSSR count). The molecule has 0 aliphatic carbocycles. The molecule has 0 spiro atoms. The van der Waals surface area contributed by atoms with Crippen LogP contribution in [0.5, 0.6) is 16.7 Å². The number of likely N-dealkylation sites (tertiary alicyclic amines) is 2. The van der Waals surface area contributed by atoms with Gasteiger partial charge in [0.05, 0.1) is 22.7 Å². The van der Waals surface area contributed by atoms with Gasteiger partial charge in [-0.2, -0.15) is 0 Å². The maximum Gasteiger partial charge on any atom is 0.309 e. The van der Waals surface area contributed by atoms with Crippen molar-refractivity contribution in [1.29, 1.82) is 0 Å². The van der Waals surface area contributed by atoms with E-state index in [9.17, 15) is 4.79 Å². The highest BCUT2D eigenvalue weighted by Gasteiger charge is 2.31. The number of hydrogen-bond donors (Lipinski definition) is 0. The lowest BCUT2D eigenvalue weighted by molar-refractivity contribution is -0.149. The minimum atomic E-state index is -0.0117. The number of carbonyl (C=O) groups is 1. The van der Waals surface area contributed by atoms with Crippen LogP contribution in [0, 0.1) is 5.92 Å². The van der Waals surface area contributed by atoms with Crippen LogP contribution in [-0.2, 0) is 9.53 Å². The molecule has 2 aliphatic rings. The molecule has 192 valence electrons. The van der Waals surface area contributed by atoms with E-state index < -0.39 is 0 Å².